The van der Waals surface area contributed by atoms with Gasteiger partial charge in [0.25, 0.3) is 0 Å². The van der Waals surface area contributed by atoms with E-state index < -0.39 is 0 Å². The molecule has 0 spiro atoms. The van der Waals surface area contributed by atoms with Crippen molar-refractivity contribution >= 4 is 5.91 Å². The summed E-state index contributed by atoms with van der Waals surface area (Å²) in [4.78, 5) is 11.7. The quantitative estimate of drug-likeness (QED) is 0.428. The highest BCUT2D eigenvalue weighted by Gasteiger charge is 2.19. The molecule has 0 saturated heterocycles. The average Bonchev–Trinajstić information content (AvgIpc) is 2.44. The van der Waals surface area contributed by atoms with E-state index in [0.717, 1.165) is 43.6 Å². The fourth-order valence-electron chi connectivity index (χ4n) is 2.56. The van der Waals surface area contributed by atoms with Crippen molar-refractivity contribution in [2.75, 3.05) is 32.7 Å². The summed E-state index contributed by atoms with van der Waals surface area (Å²) in [5.74, 6) is 0.234. The molecule has 1 amide bonds. The Hall–Kier alpha value is -0.570. The second kappa shape index (κ2) is 11.3. The van der Waals surface area contributed by atoms with Gasteiger partial charge in [-0.2, -0.15) is 0 Å². The lowest BCUT2D eigenvalue weighted by Gasteiger charge is -2.35. The Labute approximate surface area is 120 Å². The summed E-state index contributed by atoms with van der Waals surface area (Å²) in [5, 5.41) is 3.08. The van der Waals surface area contributed by atoms with Crippen molar-refractivity contribution in [1.29, 1.82) is 0 Å². The number of carbonyl (C=O) groups excluding carboxylic acids is 1. The Balaban J connectivity index is 3.67. The molecule has 3 nitrogen and oxygen atoms in total. The smallest absolute Gasteiger partial charge is 0.220 e. The molecule has 0 radical (unpaired) electrons. The normalized spacial score (nSPS) is 11.6. The molecule has 0 aliphatic carbocycles. The molecule has 19 heavy (non-hydrogen) atoms. The SMILES string of the molecule is CCCCCCCC(=O)NCC[N+](CC)(CC)CC. The summed E-state index contributed by atoms with van der Waals surface area (Å²) in [6.45, 7) is 14.3. The molecule has 0 aromatic heterocycles. The fraction of sp³-hybridized carbons (Fsp3) is 0.938. The minimum atomic E-state index is 0.234. The predicted octanol–water partition coefficient (Wildman–Crippen LogP) is 3.34. The van der Waals surface area contributed by atoms with Crippen LogP contribution in [-0.4, -0.2) is 43.1 Å². The van der Waals surface area contributed by atoms with Crippen LogP contribution in [0.4, 0.5) is 0 Å². The standard InChI is InChI=1S/C16H34N2O/c1-5-9-10-11-12-13-16(19)17-14-15-18(6-2,7-3)8-4/h5-15H2,1-4H3/p+1. The van der Waals surface area contributed by atoms with Crippen LogP contribution in [0.1, 0.15) is 66.2 Å². The van der Waals surface area contributed by atoms with Crippen molar-refractivity contribution in [3.8, 4) is 0 Å². The molecule has 0 aliphatic rings. The van der Waals surface area contributed by atoms with Gasteiger partial charge < -0.3 is 9.80 Å². The van der Waals surface area contributed by atoms with Gasteiger partial charge in [-0.3, -0.25) is 4.79 Å². The van der Waals surface area contributed by atoms with Crippen LogP contribution in [0.3, 0.4) is 0 Å². The molecule has 0 unspecified atom stereocenters. The average molecular weight is 271 g/mol. The lowest BCUT2D eigenvalue weighted by atomic mass is 10.1. The minimum Gasteiger partial charge on any atom is -0.350 e. The molecule has 114 valence electrons. The van der Waals surface area contributed by atoms with Gasteiger partial charge >= 0.3 is 0 Å². The topological polar surface area (TPSA) is 29.1 Å². The van der Waals surface area contributed by atoms with Gasteiger partial charge in [0.1, 0.15) is 0 Å². The highest BCUT2D eigenvalue weighted by molar-refractivity contribution is 5.75. The predicted molar refractivity (Wildman–Crippen MR) is 83.1 cm³/mol. The second-order valence-electron chi connectivity index (χ2n) is 5.53. The van der Waals surface area contributed by atoms with Crippen molar-refractivity contribution in [1.82, 2.24) is 5.32 Å². The summed E-state index contributed by atoms with van der Waals surface area (Å²) in [6.07, 6.45) is 6.77. The molecule has 3 heteroatoms. The molecule has 0 rings (SSSR count). The third-order valence-corrected chi connectivity index (χ3v) is 4.43. The van der Waals surface area contributed by atoms with Gasteiger partial charge in [0.15, 0.2) is 0 Å². The number of carbonyl (C=O) groups is 1. The Morgan fingerprint density at radius 2 is 1.47 bits per heavy atom. The molecule has 0 fully saturated rings. The van der Waals surface area contributed by atoms with E-state index in [0.29, 0.717) is 6.42 Å². The van der Waals surface area contributed by atoms with E-state index in [2.05, 4.69) is 33.0 Å². The highest BCUT2D eigenvalue weighted by Crippen LogP contribution is 2.06. The number of nitrogens with zero attached hydrogens (tertiary/aromatic N) is 1. The van der Waals surface area contributed by atoms with Crippen LogP contribution >= 0.6 is 0 Å². The Morgan fingerprint density at radius 1 is 0.895 bits per heavy atom. The molecule has 0 heterocycles. The number of hydrogen-bond acceptors (Lipinski definition) is 1. The maximum atomic E-state index is 11.7. The Morgan fingerprint density at radius 3 is 2.00 bits per heavy atom. The van der Waals surface area contributed by atoms with Crippen molar-refractivity contribution in [3.63, 3.8) is 0 Å². The van der Waals surface area contributed by atoms with E-state index in [4.69, 9.17) is 0 Å². The number of hydrogen-bond donors (Lipinski definition) is 1. The molecule has 1 N–H and O–H groups in total. The van der Waals surface area contributed by atoms with Gasteiger partial charge in [-0.25, -0.2) is 0 Å². The number of nitrogens with one attached hydrogen (secondary N) is 1. The lowest BCUT2D eigenvalue weighted by Crippen LogP contribution is -2.51. The monoisotopic (exact) mass is 271 g/mol. The maximum Gasteiger partial charge on any atom is 0.220 e. The first-order valence-electron chi connectivity index (χ1n) is 8.25. The van der Waals surface area contributed by atoms with Crippen LogP contribution in [0.25, 0.3) is 0 Å². The Kier molecular flexibility index (Phi) is 10.9. The van der Waals surface area contributed by atoms with Crippen molar-refractivity contribution in [2.45, 2.75) is 66.2 Å². The molecular weight excluding hydrogens is 236 g/mol. The van der Waals surface area contributed by atoms with Crippen LogP contribution in [0.5, 0.6) is 0 Å². The van der Waals surface area contributed by atoms with E-state index >= 15 is 0 Å². The van der Waals surface area contributed by atoms with Gasteiger partial charge in [0, 0.05) is 6.42 Å². The van der Waals surface area contributed by atoms with Gasteiger partial charge in [0.2, 0.25) is 5.91 Å². The molecule has 0 bridgehead atoms. The van der Waals surface area contributed by atoms with Gasteiger partial charge in [-0.1, -0.05) is 32.6 Å². The number of quaternary nitrogens is 1. The van der Waals surface area contributed by atoms with Gasteiger partial charge in [-0.05, 0) is 27.2 Å². The summed E-state index contributed by atoms with van der Waals surface area (Å²) < 4.78 is 1.11. The number of unbranched alkanes of at least 4 members (excludes halogenated alkanes) is 4. The van der Waals surface area contributed by atoms with Crippen LogP contribution in [0, 0.1) is 0 Å². The first kappa shape index (κ1) is 18.4. The summed E-state index contributed by atoms with van der Waals surface area (Å²) in [5.41, 5.74) is 0. The molecule has 0 aromatic carbocycles. The summed E-state index contributed by atoms with van der Waals surface area (Å²) in [6, 6.07) is 0. The van der Waals surface area contributed by atoms with Gasteiger partial charge in [-0.15, -0.1) is 0 Å². The minimum absolute atomic E-state index is 0.234. The van der Waals surface area contributed by atoms with Gasteiger partial charge in [0.05, 0.1) is 32.7 Å². The zero-order chi connectivity index (χ0) is 14.6. The van der Waals surface area contributed by atoms with Crippen LogP contribution in [0.2, 0.25) is 0 Å². The largest absolute Gasteiger partial charge is 0.350 e. The number of amides is 1. The van der Waals surface area contributed by atoms with E-state index in [1.165, 1.54) is 25.7 Å². The first-order chi connectivity index (χ1) is 9.14. The second-order valence-corrected chi connectivity index (χ2v) is 5.53. The zero-order valence-corrected chi connectivity index (χ0v) is 13.6. The summed E-state index contributed by atoms with van der Waals surface area (Å²) >= 11 is 0. The number of likely N-dealkylation sites (N-methyl/N-ethyl adjacent to an activating group) is 1. The van der Waals surface area contributed by atoms with E-state index in [1.54, 1.807) is 0 Å². The fourth-order valence-corrected chi connectivity index (χ4v) is 2.56. The molecule has 0 saturated carbocycles. The Bertz CT molecular complexity index is 217. The van der Waals surface area contributed by atoms with Crippen LogP contribution < -0.4 is 5.32 Å². The molecule has 0 atom stereocenters. The third-order valence-electron chi connectivity index (χ3n) is 4.43. The van der Waals surface area contributed by atoms with Crippen molar-refractivity contribution in [3.05, 3.63) is 0 Å². The first-order valence-corrected chi connectivity index (χ1v) is 8.25. The highest BCUT2D eigenvalue weighted by atomic mass is 16.1. The zero-order valence-electron chi connectivity index (χ0n) is 13.6. The lowest BCUT2D eigenvalue weighted by molar-refractivity contribution is -0.922. The van der Waals surface area contributed by atoms with Crippen LogP contribution in [0.15, 0.2) is 0 Å². The van der Waals surface area contributed by atoms with E-state index in [-0.39, 0.29) is 5.91 Å². The third kappa shape index (κ3) is 8.25. The van der Waals surface area contributed by atoms with E-state index in [9.17, 15) is 4.79 Å². The van der Waals surface area contributed by atoms with Crippen molar-refractivity contribution in [2.24, 2.45) is 0 Å². The molecule has 0 aliphatic heterocycles. The van der Waals surface area contributed by atoms with Crippen LogP contribution in [-0.2, 0) is 4.79 Å². The molecule has 0 aromatic rings. The van der Waals surface area contributed by atoms with Crippen molar-refractivity contribution < 1.29 is 9.28 Å². The summed E-state index contributed by atoms with van der Waals surface area (Å²) in [7, 11) is 0. The number of rotatable bonds is 12. The molecular formula is C16H35N2O+. The maximum absolute atomic E-state index is 11.7. The van der Waals surface area contributed by atoms with E-state index in [1.807, 2.05) is 0 Å².